The Morgan fingerprint density at radius 2 is 1.16 bits per heavy atom. The van der Waals surface area contributed by atoms with Gasteiger partial charge in [0, 0.05) is 50.3 Å². The van der Waals surface area contributed by atoms with Crippen molar-refractivity contribution < 1.29 is 0 Å². The topological polar surface area (TPSA) is 11.4 Å². The molecule has 0 unspecified atom stereocenters. The first-order chi connectivity index (χ1) is 28.7. The predicted octanol–water partition coefficient (Wildman–Crippen LogP) is 11.5. The van der Waals surface area contributed by atoms with Gasteiger partial charge in [0.15, 0.2) is 0 Å². The predicted molar refractivity (Wildman–Crippen MR) is 242 cm³/mol. The highest BCUT2D eigenvalue weighted by Gasteiger charge is 2.62. The molecule has 58 heavy (non-hydrogen) atoms. The van der Waals surface area contributed by atoms with Crippen molar-refractivity contribution >= 4 is 79.0 Å². The number of rotatable bonds is 3. The maximum atomic E-state index is 2.72. The van der Waals surface area contributed by atoms with E-state index >= 15 is 0 Å². The fourth-order valence-corrected chi connectivity index (χ4v) is 14.1. The first-order valence-electron chi connectivity index (χ1n) is 21.9. The van der Waals surface area contributed by atoms with Crippen LogP contribution in [0.25, 0.3) is 27.5 Å². The van der Waals surface area contributed by atoms with Crippen LogP contribution in [0.3, 0.4) is 0 Å². The summed E-state index contributed by atoms with van der Waals surface area (Å²) in [6.45, 7) is 2.35. The Kier molecular flexibility index (Phi) is 6.27. The van der Waals surface area contributed by atoms with Crippen molar-refractivity contribution in [3.63, 3.8) is 0 Å². The number of para-hydroxylation sites is 4. The number of benzene rings is 7. The van der Waals surface area contributed by atoms with E-state index < -0.39 is 0 Å². The molecule has 0 saturated heterocycles. The third-order valence-electron chi connectivity index (χ3n) is 15.9. The van der Waals surface area contributed by atoms with E-state index in [1.165, 1.54) is 116 Å². The van der Waals surface area contributed by atoms with Gasteiger partial charge in [0.2, 0.25) is 0 Å². The Morgan fingerprint density at radius 1 is 0.517 bits per heavy atom. The molecule has 4 heterocycles. The van der Waals surface area contributed by atoms with Gasteiger partial charge in [-0.3, -0.25) is 0 Å². The molecular formula is C54H44BN3. The molecule has 0 amide bonds. The lowest BCUT2D eigenvalue weighted by atomic mass is 9.32. The summed E-state index contributed by atoms with van der Waals surface area (Å²) in [6.07, 6.45) is 7.99. The Labute approximate surface area is 340 Å². The third kappa shape index (κ3) is 3.88. The number of anilines is 6. The number of aryl methyl sites for hydroxylation is 1. The molecule has 8 aromatic rings. The van der Waals surface area contributed by atoms with Crippen LogP contribution in [-0.2, 0) is 11.8 Å². The second kappa shape index (κ2) is 11.3. The average Bonchev–Trinajstić information content (AvgIpc) is 3.61. The molecule has 3 nitrogen and oxygen atoms in total. The van der Waals surface area contributed by atoms with Gasteiger partial charge in [-0.05, 0) is 156 Å². The van der Waals surface area contributed by atoms with Gasteiger partial charge in [-0.2, -0.15) is 0 Å². The van der Waals surface area contributed by atoms with Crippen LogP contribution in [0.1, 0.15) is 55.7 Å². The highest BCUT2D eigenvalue weighted by atomic mass is 15.2. The van der Waals surface area contributed by atoms with Gasteiger partial charge in [-0.15, -0.1) is 0 Å². The monoisotopic (exact) mass is 745 g/mol. The molecule has 0 atom stereocenters. The minimum Gasteiger partial charge on any atom is -0.311 e. The zero-order valence-corrected chi connectivity index (χ0v) is 32.9. The highest BCUT2D eigenvalue weighted by molar-refractivity contribution is 7.00. The van der Waals surface area contributed by atoms with Crippen LogP contribution >= 0.6 is 0 Å². The number of hydrogen-bond acceptors (Lipinski definition) is 2. The van der Waals surface area contributed by atoms with Crippen LogP contribution in [0.4, 0.5) is 34.1 Å². The first kappa shape index (κ1) is 32.0. The molecule has 4 aliphatic carbocycles. The largest absolute Gasteiger partial charge is 0.311 e. The van der Waals surface area contributed by atoms with E-state index in [2.05, 4.69) is 173 Å². The maximum Gasteiger partial charge on any atom is 0.252 e. The molecule has 0 radical (unpaired) electrons. The van der Waals surface area contributed by atoms with Crippen LogP contribution in [0.15, 0.2) is 152 Å². The van der Waals surface area contributed by atoms with E-state index in [0.717, 1.165) is 18.3 Å². The summed E-state index contributed by atoms with van der Waals surface area (Å²) in [6, 6.07) is 58.7. The normalized spacial score (nSPS) is 24.0. The smallest absolute Gasteiger partial charge is 0.252 e. The van der Waals surface area contributed by atoms with E-state index in [0.29, 0.717) is 11.8 Å². The number of hydrogen-bond donors (Lipinski definition) is 0. The molecule has 4 bridgehead atoms. The van der Waals surface area contributed by atoms with Gasteiger partial charge in [-0.25, -0.2) is 0 Å². The number of fused-ring (bicyclic) bond motifs is 9. The molecule has 1 spiro atoms. The second-order valence-electron chi connectivity index (χ2n) is 18.4. The fraction of sp³-hybridized carbons (Fsp3) is 0.222. The average molecular weight is 746 g/mol. The molecule has 15 rings (SSSR count). The molecular weight excluding hydrogens is 701 g/mol. The minimum atomic E-state index is 0.0654. The summed E-state index contributed by atoms with van der Waals surface area (Å²) in [7, 11) is 0. The van der Waals surface area contributed by atoms with Crippen molar-refractivity contribution in [2.45, 2.75) is 50.9 Å². The van der Waals surface area contributed by atoms with Crippen molar-refractivity contribution in [3.05, 3.63) is 168 Å². The van der Waals surface area contributed by atoms with E-state index in [1.807, 2.05) is 0 Å². The summed E-state index contributed by atoms with van der Waals surface area (Å²) in [5.41, 5.74) is 20.6. The Balaban J connectivity index is 1.08. The standard InChI is InChI=1S/C54H44BN3/c1-2-33-12-9-13-38(31-33)57-49-25-24-39(56-46-19-6-3-14-40(46)41-15-4-7-20-47(41)56)32-45(49)55-44-18-10-17-43-53(44)58(51-23-11-22-50(57)52(51)55)48-21-8-5-16-42(48)54(43)36-27-34-26-35(29-36)30-37(54)28-34/h3-25,31-32,34-37H,2,26-30H2,1H3. The van der Waals surface area contributed by atoms with Crippen molar-refractivity contribution in [2.75, 3.05) is 9.80 Å². The third-order valence-corrected chi connectivity index (χ3v) is 15.9. The van der Waals surface area contributed by atoms with Gasteiger partial charge < -0.3 is 14.4 Å². The van der Waals surface area contributed by atoms with Gasteiger partial charge in [0.05, 0.1) is 16.7 Å². The van der Waals surface area contributed by atoms with Gasteiger partial charge in [0.25, 0.3) is 6.71 Å². The summed E-state index contributed by atoms with van der Waals surface area (Å²) >= 11 is 0. The van der Waals surface area contributed by atoms with Crippen LogP contribution in [-0.4, -0.2) is 11.3 Å². The molecule has 4 heteroatoms. The fourth-order valence-electron chi connectivity index (χ4n) is 14.1. The minimum absolute atomic E-state index is 0.0654. The molecule has 4 fully saturated rings. The molecule has 0 N–H and O–H groups in total. The van der Waals surface area contributed by atoms with Gasteiger partial charge in [-0.1, -0.05) is 97.9 Å². The van der Waals surface area contributed by atoms with E-state index in [9.17, 15) is 0 Å². The van der Waals surface area contributed by atoms with Gasteiger partial charge >= 0.3 is 0 Å². The van der Waals surface area contributed by atoms with Crippen molar-refractivity contribution in [1.82, 2.24) is 4.57 Å². The molecule has 7 aromatic carbocycles. The van der Waals surface area contributed by atoms with Crippen molar-refractivity contribution in [2.24, 2.45) is 23.7 Å². The summed E-state index contributed by atoms with van der Waals surface area (Å²) in [5, 5.41) is 2.60. The molecule has 7 aliphatic rings. The zero-order chi connectivity index (χ0) is 37.9. The number of aromatic nitrogens is 1. The molecule has 1 aromatic heterocycles. The second-order valence-corrected chi connectivity index (χ2v) is 18.4. The maximum absolute atomic E-state index is 2.72. The van der Waals surface area contributed by atoms with Crippen LogP contribution < -0.4 is 26.2 Å². The lowest BCUT2D eigenvalue weighted by molar-refractivity contribution is -0.0419. The summed E-state index contributed by atoms with van der Waals surface area (Å²) < 4.78 is 2.50. The summed E-state index contributed by atoms with van der Waals surface area (Å²) in [5.74, 6) is 3.21. The Morgan fingerprint density at radius 3 is 1.91 bits per heavy atom. The Bertz CT molecular complexity index is 2980. The molecule has 4 saturated carbocycles. The molecule has 3 aliphatic heterocycles. The lowest BCUT2D eigenvalue weighted by Crippen LogP contribution is -2.64. The molecule has 278 valence electrons. The van der Waals surface area contributed by atoms with Crippen LogP contribution in [0.2, 0.25) is 0 Å². The SMILES string of the molecule is CCc1cccc(N2c3ccc(-n4c5ccccc5c5ccccc54)cc3B3c4cccc5c4N(c4ccccc4C54C5CC6CC(C5)CC4C6)c4cccc2c43)c1. The lowest BCUT2D eigenvalue weighted by Gasteiger charge is -2.64. The van der Waals surface area contributed by atoms with E-state index in [1.54, 1.807) is 11.1 Å². The van der Waals surface area contributed by atoms with E-state index in [-0.39, 0.29) is 12.1 Å². The highest BCUT2D eigenvalue weighted by Crippen LogP contribution is 2.69. The van der Waals surface area contributed by atoms with Crippen molar-refractivity contribution in [1.29, 1.82) is 0 Å². The first-order valence-corrected chi connectivity index (χ1v) is 21.9. The number of nitrogens with zero attached hydrogens (tertiary/aromatic N) is 3. The zero-order valence-electron chi connectivity index (χ0n) is 32.9. The van der Waals surface area contributed by atoms with Crippen LogP contribution in [0.5, 0.6) is 0 Å². The van der Waals surface area contributed by atoms with E-state index in [4.69, 9.17) is 0 Å². The van der Waals surface area contributed by atoms with Gasteiger partial charge in [0.1, 0.15) is 0 Å². The van der Waals surface area contributed by atoms with Crippen LogP contribution in [0, 0.1) is 23.7 Å². The quantitative estimate of drug-likeness (QED) is 0.167. The summed E-state index contributed by atoms with van der Waals surface area (Å²) in [4.78, 5) is 5.29. The van der Waals surface area contributed by atoms with Crippen molar-refractivity contribution in [3.8, 4) is 5.69 Å². The Hall–Kier alpha value is -6.00.